The molecule has 3 N–H and O–H groups in total. The fourth-order valence-electron chi connectivity index (χ4n) is 2.65. The van der Waals surface area contributed by atoms with Crippen LogP contribution in [0.25, 0.3) is 10.9 Å². The van der Waals surface area contributed by atoms with Crippen molar-refractivity contribution in [3.63, 3.8) is 0 Å². The third-order valence-corrected chi connectivity index (χ3v) is 4.31. The first-order valence-corrected chi connectivity index (χ1v) is 8.27. The van der Waals surface area contributed by atoms with Crippen molar-refractivity contribution in [3.8, 4) is 0 Å². The number of rotatable bonds is 4. The van der Waals surface area contributed by atoms with Crippen LogP contribution in [0.3, 0.4) is 0 Å². The first-order valence-electron chi connectivity index (χ1n) is 7.89. The van der Waals surface area contributed by atoms with Crippen molar-refractivity contribution in [2.75, 3.05) is 7.05 Å². The lowest BCUT2D eigenvalue weighted by atomic mass is 10.1. The van der Waals surface area contributed by atoms with Gasteiger partial charge < -0.3 is 15.6 Å². The van der Waals surface area contributed by atoms with Crippen molar-refractivity contribution in [1.82, 2.24) is 15.6 Å². The van der Waals surface area contributed by atoms with Crippen molar-refractivity contribution >= 4 is 34.3 Å². The molecule has 0 fully saturated rings. The van der Waals surface area contributed by atoms with Gasteiger partial charge in [-0.1, -0.05) is 23.7 Å². The van der Waals surface area contributed by atoms with E-state index >= 15 is 0 Å². The van der Waals surface area contributed by atoms with Crippen molar-refractivity contribution < 1.29 is 9.59 Å². The highest BCUT2D eigenvalue weighted by Crippen LogP contribution is 2.21. The Morgan fingerprint density at radius 3 is 2.44 bits per heavy atom. The average Bonchev–Trinajstić information content (AvgIpc) is 3.04. The van der Waals surface area contributed by atoms with E-state index in [1.807, 2.05) is 31.2 Å². The smallest absolute Gasteiger partial charge is 0.268 e. The van der Waals surface area contributed by atoms with Gasteiger partial charge in [0.15, 0.2) is 0 Å². The molecule has 0 radical (unpaired) electrons. The Morgan fingerprint density at radius 1 is 1.04 bits per heavy atom. The van der Waals surface area contributed by atoms with E-state index in [-0.39, 0.29) is 17.9 Å². The molecule has 25 heavy (non-hydrogen) atoms. The molecule has 3 aromatic rings. The summed E-state index contributed by atoms with van der Waals surface area (Å²) in [7, 11) is 1.59. The Hall–Kier alpha value is -2.79. The Bertz CT molecular complexity index is 931. The number of amides is 2. The zero-order valence-electron chi connectivity index (χ0n) is 13.9. The lowest BCUT2D eigenvalue weighted by Gasteiger charge is -2.14. The van der Waals surface area contributed by atoms with Crippen LogP contribution >= 0.6 is 11.6 Å². The van der Waals surface area contributed by atoms with Crippen LogP contribution in [-0.2, 0) is 0 Å². The summed E-state index contributed by atoms with van der Waals surface area (Å²) in [6, 6.07) is 14.2. The van der Waals surface area contributed by atoms with Gasteiger partial charge in [-0.25, -0.2) is 0 Å². The van der Waals surface area contributed by atoms with Gasteiger partial charge >= 0.3 is 0 Å². The fourth-order valence-corrected chi connectivity index (χ4v) is 2.83. The molecule has 0 bridgehead atoms. The van der Waals surface area contributed by atoms with Gasteiger partial charge in [-0.2, -0.15) is 0 Å². The average molecular weight is 356 g/mol. The second-order valence-corrected chi connectivity index (χ2v) is 6.25. The predicted molar refractivity (Wildman–Crippen MR) is 99.0 cm³/mol. The van der Waals surface area contributed by atoms with Gasteiger partial charge in [0.1, 0.15) is 5.69 Å². The molecule has 5 nitrogen and oxygen atoms in total. The van der Waals surface area contributed by atoms with Crippen LogP contribution < -0.4 is 10.6 Å². The number of halogens is 1. The summed E-state index contributed by atoms with van der Waals surface area (Å²) in [4.78, 5) is 27.1. The number of fused-ring (bicyclic) bond motifs is 1. The maximum atomic E-state index is 12.5. The Kier molecular flexibility index (Phi) is 4.76. The molecule has 0 aliphatic rings. The highest BCUT2D eigenvalue weighted by molar-refractivity contribution is 6.31. The first kappa shape index (κ1) is 17.0. The van der Waals surface area contributed by atoms with Crippen LogP contribution in [0.4, 0.5) is 0 Å². The van der Waals surface area contributed by atoms with Crippen LogP contribution in [0, 0.1) is 0 Å². The lowest BCUT2D eigenvalue weighted by molar-refractivity contribution is 0.0932. The Morgan fingerprint density at radius 2 is 1.76 bits per heavy atom. The van der Waals surface area contributed by atoms with E-state index in [9.17, 15) is 9.59 Å². The molecule has 1 heterocycles. The molecule has 128 valence electrons. The highest BCUT2D eigenvalue weighted by atomic mass is 35.5. The van der Waals surface area contributed by atoms with E-state index in [0.29, 0.717) is 16.3 Å². The molecule has 2 aromatic carbocycles. The Balaban J connectivity index is 1.73. The maximum absolute atomic E-state index is 12.5. The summed E-state index contributed by atoms with van der Waals surface area (Å²) in [5.41, 5.74) is 2.83. The van der Waals surface area contributed by atoms with Gasteiger partial charge in [0.2, 0.25) is 0 Å². The number of hydrogen-bond acceptors (Lipinski definition) is 2. The normalized spacial score (nSPS) is 12.0. The van der Waals surface area contributed by atoms with Gasteiger partial charge in [-0.15, -0.1) is 0 Å². The minimum Gasteiger partial charge on any atom is -0.355 e. The lowest BCUT2D eigenvalue weighted by Crippen LogP contribution is -2.27. The molecule has 0 saturated heterocycles. The predicted octanol–water partition coefficient (Wildman–Crippen LogP) is 3.67. The summed E-state index contributed by atoms with van der Waals surface area (Å²) in [5, 5.41) is 7.04. The third-order valence-electron chi connectivity index (χ3n) is 4.07. The molecular weight excluding hydrogens is 338 g/mol. The van der Waals surface area contributed by atoms with Crippen molar-refractivity contribution in [2.24, 2.45) is 0 Å². The molecular formula is C19H18ClN3O2. The van der Waals surface area contributed by atoms with Crippen LogP contribution in [0.2, 0.25) is 5.02 Å². The van der Waals surface area contributed by atoms with Crippen molar-refractivity contribution in [2.45, 2.75) is 13.0 Å². The summed E-state index contributed by atoms with van der Waals surface area (Å²) < 4.78 is 0. The SMILES string of the molecule is CNC(=O)c1ccc(C(C)NC(=O)c2cc3cc(Cl)ccc3[nH]2)cc1. The molecule has 1 atom stereocenters. The largest absolute Gasteiger partial charge is 0.355 e. The number of carbonyl (C=O) groups is 2. The molecule has 0 spiro atoms. The first-order chi connectivity index (χ1) is 12.0. The van der Waals surface area contributed by atoms with Crippen LogP contribution in [0.1, 0.15) is 39.4 Å². The molecule has 1 aromatic heterocycles. The summed E-state index contributed by atoms with van der Waals surface area (Å²) in [5.74, 6) is -0.338. The highest BCUT2D eigenvalue weighted by Gasteiger charge is 2.14. The van der Waals surface area contributed by atoms with E-state index in [0.717, 1.165) is 16.5 Å². The third kappa shape index (κ3) is 3.67. The van der Waals surface area contributed by atoms with Crippen molar-refractivity contribution in [1.29, 1.82) is 0 Å². The number of H-pyrrole nitrogens is 1. The second-order valence-electron chi connectivity index (χ2n) is 5.81. The molecule has 0 saturated carbocycles. The van der Waals surface area contributed by atoms with Gasteiger partial charge in [0, 0.05) is 28.5 Å². The van der Waals surface area contributed by atoms with Gasteiger partial charge in [0.25, 0.3) is 11.8 Å². The molecule has 6 heteroatoms. The zero-order chi connectivity index (χ0) is 18.0. The van der Waals surface area contributed by atoms with Crippen LogP contribution in [0.5, 0.6) is 0 Å². The van der Waals surface area contributed by atoms with Gasteiger partial charge in [-0.3, -0.25) is 9.59 Å². The second kappa shape index (κ2) is 6.99. The minimum atomic E-state index is -0.199. The fraction of sp³-hybridized carbons (Fsp3) is 0.158. The number of hydrogen-bond donors (Lipinski definition) is 3. The topological polar surface area (TPSA) is 74.0 Å². The number of aromatic amines is 1. The van der Waals surface area contributed by atoms with Crippen molar-refractivity contribution in [3.05, 3.63) is 70.4 Å². The van der Waals surface area contributed by atoms with Crippen LogP contribution in [-0.4, -0.2) is 23.8 Å². The summed E-state index contributed by atoms with van der Waals surface area (Å²) >= 11 is 5.97. The zero-order valence-corrected chi connectivity index (χ0v) is 14.6. The number of aromatic nitrogens is 1. The molecule has 0 aliphatic carbocycles. The quantitative estimate of drug-likeness (QED) is 0.668. The maximum Gasteiger partial charge on any atom is 0.268 e. The van der Waals surface area contributed by atoms with E-state index in [1.54, 1.807) is 31.3 Å². The summed E-state index contributed by atoms with van der Waals surface area (Å²) in [6.07, 6.45) is 0. The van der Waals surface area contributed by atoms with E-state index in [1.165, 1.54) is 0 Å². The van der Waals surface area contributed by atoms with Gasteiger partial charge in [0.05, 0.1) is 6.04 Å². The number of nitrogens with one attached hydrogen (secondary N) is 3. The number of carbonyl (C=O) groups excluding carboxylic acids is 2. The number of benzene rings is 2. The van der Waals surface area contributed by atoms with Crippen LogP contribution in [0.15, 0.2) is 48.5 Å². The minimum absolute atomic E-state index is 0.139. The molecule has 2 amide bonds. The molecule has 1 unspecified atom stereocenters. The van der Waals surface area contributed by atoms with E-state index < -0.39 is 0 Å². The standard InChI is InChI=1S/C19H18ClN3O2/c1-11(12-3-5-13(6-4-12)18(24)21-2)22-19(25)17-10-14-9-15(20)7-8-16(14)23-17/h3-11,23H,1-2H3,(H,21,24)(H,22,25). The summed E-state index contributed by atoms with van der Waals surface area (Å²) in [6.45, 7) is 1.90. The van der Waals surface area contributed by atoms with E-state index in [4.69, 9.17) is 11.6 Å². The molecule has 0 aliphatic heterocycles. The molecule has 3 rings (SSSR count). The monoisotopic (exact) mass is 355 g/mol. The Labute approximate surface area is 150 Å². The van der Waals surface area contributed by atoms with Gasteiger partial charge in [-0.05, 0) is 48.9 Å². The van der Waals surface area contributed by atoms with E-state index in [2.05, 4.69) is 15.6 Å².